The molecule has 0 fully saturated rings. The minimum atomic E-state index is -0.156. The Kier molecular flexibility index (Phi) is 8.32. The monoisotopic (exact) mass is 407 g/mol. The molecule has 0 aliphatic heterocycles. The maximum atomic E-state index is 12.6. The van der Waals surface area contributed by atoms with Gasteiger partial charge in [-0.1, -0.05) is 24.6 Å². The molecule has 0 aliphatic rings. The van der Waals surface area contributed by atoms with Gasteiger partial charge in [0.1, 0.15) is 0 Å². The second kappa shape index (κ2) is 10.5. The molecule has 1 unspecified atom stereocenters. The number of benzene rings is 2. The number of thioether (sulfide) groups is 1. The second-order valence-corrected chi connectivity index (χ2v) is 8.05. The van der Waals surface area contributed by atoms with Crippen molar-refractivity contribution < 1.29 is 14.3 Å². The van der Waals surface area contributed by atoms with E-state index in [2.05, 4.69) is 5.32 Å². The van der Waals surface area contributed by atoms with Crippen molar-refractivity contribution in [2.45, 2.75) is 50.0 Å². The molecule has 0 saturated heterocycles. The first-order valence-corrected chi connectivity index (χ1v) is 10.2. The quantitative estimate of drug-likeness (QED) is 0.571. The Hall–Kier alpha value is -1.85. The van der Waals surface area contributed by atoms with E-state index in [4.69, 9.17) is 21.1 Å². The van der Waals surface area contributed by atoms with Crippen molar-refractivity contribution in [1.29, 1.82) is 0 Å². The molecule has 0 saturated carbocycles. The molecular formula is C21H26ClNO3S. The first-order valence-electron chi connectivity index (χ1n) is 8.96. The van der Waals surface area contributed by atoms with Gasteiger partial charge in [-0.2, -0.15) is 0 Å². The fraction of sp³-hybridized carbons (Fsp3) is 0.381. The van der Waals surface area contributed by atoms with E-state index in [9.17, 15) is 4.79 Å². The van der Waals surface area contributed by atoms with Crippen molar-refractivity contribution in [2.24, 2.45) is 0 Å². The normalized spacial score (nSPS) is 11.9. The van der Waals surface area contributed by atoms with Crippen LogP contribution in [0.5, 0.6) is 11.5 Å². The molecule has 1 N–H and O–H groups in total. The third kappa shape index (κ3) is 6.67. The lowest BCUT2D eigenvalue weighted by molar-refractivity contribution is -0.120. The van der Waals surface area contributed by atoms with Crippen LogP contribution in [-0.2, 0) is 11.3 Å². The zero-order valence-electron chi connectivity index (χ0n) is 16.1. The van der Waals surface area contributed by atoms with Crippen LogP contribution in [-0.4, -0.2) is 24.4 Å². The summed E-state index contributed by atoms with van der Waals surface area (Å²) in [7, 11) is 1.61. The van der Waals surface area contributed by atoms with Crippen LogP contribution in [0.1, 0.15) is 32.8 Å². The van der Waals surface area contributed by atoms with Crippen molar-refractivity contribution in [1.82, 2.24) is 5.32 Å². The van der Waals surface area contributed by atoms with Crippen LogP contribution in [0.25, 0.3) is 0 Å². The summed E-state index contributed by atoms with van der Waals surface area (Å²) in [6, 6.07) is 13.2. The number of ether oxygens (including phenoxy) is 2. The van der Waals surface area contributed by atoms with Crippen LogP contribution >= 0.6 is 23.4 Å². The molecule has 2 rings (SSSR count). The Labute approximate surface area is 170 Å². The molecule has 27 heavy (non-hydrogen) atoms. The summed E-state index contributed by atoms with van der Waals surface area (Å²) in [5.41, 5.74) is 0.961. The average molecular weight is 408 g/mol. The summed E-state index contributed by atoms with van der Waals surface area (Å²) in [5.74, 6) is 1.38. The maximum Gasteiger partial charge on any atom is 0.233 e. The van der Waals surface area contributed by atoms with Gasteiger partial charge in [-0.25, -0.2) is 0 Å². The van der Waals surface area contributed by atoms with Gasteiger partial charge in [0.15, 0.2) is 11.5 Å². The van der Waals surface area contributed by atoms with E-state index >= 15 is 0 Å². The minimum Gasteiger partial charge on any atom is -0.493 e. The smallest absolute Gasteiger partial charge is 0.233 e. The Bertz CT molecular complexity index is 750. The highest BCUT2D eigenvalue weighted by atomic mass is 35.5. The summed E-state index contributed by atoms with van der Waals surface area (Å²) >= 11 is 7.46. The van der Waals surface area contributed by atoms with Gasteiger partial charge in [0, 0.05) is 16.5 Å². The fourth-order valence-electron chi connectivity index (χ4n) is 2.48. The molecule has 1 amide bonds. The molecule has 1 atom stereocenters. The molecule has 0 aromatic heterocycles. The predicted molar refractivity (Wildman–Crippen MR) is 112 cm³/mol. The van der Waals surface area contributed by atoms with Gasteiger partial charge in [-0.3, -0.25) is 4.79 Å². The minimum absolute atomic E-state index is 0.0129. The van der Waals surface area contributed by atoms with Gasteiger partial charge in [0.25, 0.3) is 0 Å². The molecule has 2 aromatic carbocycles. The zero-order chi connectivity index (χ0) is 19.8. The number of carbonyl (C=O) groups is 1. The molecule has 6 heteroatoms. The highest BCUT2D eigenvalue weighted by Gasteiger charge is 2.18. The topological polar surface area (TPSA) is 47.6 Å². The van der Waals surface area contributed by atoms with E-state index in [0.29, 0.717) is 23.1 Å². The van der Waals surface area contributed by atoms with Crippen molar-refractivity contribution in [2.75, 3.05) is 7.11 Å². The largest absolute Gasteiger partial charge is 0.493 e. The third-order valence-electron chi connectivity index (χ3n) is 3.81. The number of carbonyl (C=O) groups excluding carboxylic acids is 1. The molecule has 0 spiro atoms. The van der Waals surface area contributed by atoms with Crippen molar-refractivity contribution >= 4 is 29.3 Å². The summed E-state index contributed by atoms with van der Waals surface area (Å²) in [4.78, 5) is 13.6. The van der Waals surface area contributed by atoms with Crippen molar-refractivity contribution in [3.8, 4) is 11.5 Å². The Balaban J connectivity index is 1.97. The lowest BCUT2D eigenvalue weighted by atomic mass is 10.2. The first kappa shape index (κ1) is 21.5. The van der Waals surface area contributed by atoms with E-state index in [0.717, 1.165) is 16.9 Å². The molecule has 2 aromatic rings. The van der Waals surface area contributed by atoms with Crippen molar-refractivity contribution in [3.05, 3.63) is 53.1 Å². The van der Waals surface area contributed by atoms with Gasteiger partial charge in [0.2, 0.25) is 5.91 Å². The zero-order valence-corrected chi connectivity index (χ0v) is 17.7. The van der Waals surface area contributed by atoms with Gasteiger partial charge >= 0.3 is 0 Å². The first-order chi connectivity index (χ1) is 12.9. The summed E-state index contributed by atoms with van der Waals surface area (Å²) in [6.45, 7) is 6.39. The van der Waals surface area contributed by atoms with Gasteiger partial charge < -0.3 is 14.8 Å². The molecular weight excluding hydrogens is 382 g/mol. The van der Waals surface area contributed by atoms with Gasteiger partial charge in [0.05, 0.1) is 18.5 Å². The van der Waals surface area contributed by atoms with Crippen LogP contribution in [0.3, 0.4) is 0 Å². The molecule has 0 bridgehead atoms. The number of halogens is 1. The molecule has 4 nitrogen and oxygen atoms in total. The predicted octanol–water partition coefficient (Wildman–Crippen LogP) is 5.32. The molecule has 146 valence electrons. The Morgan fingerprint density at radius 3 is 2.44 bits per heavy atom. The van der Waals surface area contributed by atoms with Gasteiger partial charge in [-0.15, -0.1) is 11.8 Å². The standard InChI is InChI=1S/C21H26ClNO3S/c1-5-20(27-17-9-7-16(22)8-10-17)21(24)23-13-15-6-11-18(26-14(2)3)19(12-15)25-4/h6-12,14,20H,5,13H2,1-4H3,(H,23,24). The van der Waals surface area contributed by atoms with E-state index in [1.807, 2.05) is 63.2 Å². The number of rotatable bonds is 9. The highest BCUT2D eigenvalue weighted by Crippen LogP contribution is 2.29. The summed E-state index contributed by atoms with van der Waals surface area (Å²) in [6.07, 6.45) is 0.809. The number of hydrogen-bond acceptors (Lipinski definition) is 4. The maximum absolute atomic E-state index is 12.6. The molecule has 0 heterocycles. The van der Waals surface area contributed by atoms with Crippen LogP contribution < -0.4 is 14.8 Å². The van der Waals surface area contributed by atoms with Crippen LogP contribution in [0, 0.1) is 0 Å². The van der Waals surface area contributed by atoms with Crippen LogP contribution in [0.4, 0.5) is 0 Å². The summed E-state index contributed by atoms with van der Waals surface area (Å²) in [5, 5.41) is 3.55. The second-order valence-electron chi connectivity index (χ2n) is 6.34. The lowest BCUT2D eigenvalue weighted by Gasteiger charge is -2.16. The van der Waals surface area contributed by atoms with E-state index in [-0.39, 0.29) is 17.3 Å². The number of hydrogen-bond donors (Lipinski definition) is 1. The Morgan fingerprint density at radius 2 is 1.85 bits per heavy atom. The SMILES string of the molecule is CCC(Sc1ccc(Cl)cc1)C(=O)NCc1ccc(OC(C)C)c(OC)c1. The van der Waals surface area contributed by atoms with E-state index in [1.165, 1.54) is 0 Å². The molecule has 0 radical (unpaired) electrons. The van der Waals surface area contributed by atoms with E-state index in [1.54, 1.807) is 18.9 Å². The van der Waals surface area contributed by atoms with Crippen LogP contribution in [0.2, 0.25) is 5.02 Å². The van der Waals surface area contributed by atoms with Gasteiger partial charge in [-0.05, 0) is 62.2 Å². The number of nitrogens with one attached hydrogen (secondary N) is 1. The molecule has 0 aliphatic carbocycles. The lowest BCUT2D eigenvalue weighted by Crippen LogP contribution is -2.31. The Morgan fingerprint density at radius 1 is 1.15 bits per heavy atom. The van der Waals surface area contributed by atoms with E-state index < -0.39 is 0 Å². The van der Waals surface area contributed by atoms with Crippen LogP contribution in [0.15, 0.2) is 47.4 Å². The average Bonchev–Trinajstić information content (AvgIpc) is 2.66. The highest BCUT2D eigenvalue weighted by molar-refractivity contribution is 8.00. The van der Waals surface area contributed by atoms with Crippen molar-refractivity contribution in [3.63, 3.8) is 0 Å². The fourth-order valence-corrected chi connectivity index (χ4v) is 3.58. The third-order valence-corrected chi connectivity index (χ3v) is 5.44. The summed E-state index contributed by atoms with van der Waals surface area (Å²) < 4.78 is 11.1. The number of amides is 1. The number of methoxy groups -OCH3 is 1.